The number of benzene rings is 2. The zero-order valence-electron chi connectivity index (χ0n) is 16.5. The minimum absolute atomic E-state index is 0.0573. The SMILES string of the molecule is CN(CC(=O)O)CC1CN(C(=O)c2ccc(OCc3ccccc3)cc2)CCO1. The molecule has 1 heterocycles. The fourth-order valence-electron chi connectivity index (χ4n) is 3.27. The van der Waals surface area contributed by atoms with Crippen molar-refractivity contribution >= 4 is 11.9 Å². The van der Waals surface area contributed by atoms with E-state index in [0.717, 1.165) is 5.56 Å². The Morgan fingerprint density at radius 2 is 1.90 bits per heavy atom. The minimum atomic E-state index is -0.884. The van der Waals surface area contributed by atoms with Gasteiger partial charge in [0.15, 0.2) is 0 Å². The van der Waals surface area contributed by atoms with Crippen molar-refractivity contribution in [2.45, 2.75) is 12.7 Å². The van der Waals surface area contributed by atoms with Gasteiger partial charge in [-0.2, -0.15) is 0 Å². The molecule has 1 aliphatic heterocycles. The van der Waals surface area contributed by atoms with Crippen LogP contribution in [-0.4, -0.2) is 72.7 Å². The Hall–Kier alpha value is -2.90. The Labute approximate surface area is 170 Å². The van der Waals surface area contributed by atoms with Gasteiger partial charge in [-0.05, 0) is 36.9 Å². The van der Waals surface area contributed by atoms with Crippen LogP contribution in [0.3, 0.4) is 0 Å². The summed E-state index contributed by atoms with van der Waals surface area (Å²) in [5, 5.41) is 8.87. The maximum atomic E-state index is 12.8. The van der Waals surface area contributed by atoms with E-state index in [1.165, 1.54) is 0 Å². The topological polar surface area (TPSA) is 79.3 Å². The monoisotopic (exact) mass is 398 g/mol. The van der Waals surface area contributed by atoms with E-state index in [2.05, 4.69) is 0 Å². The molecule has 1 amide bonds. The summed E-state index contributed by atoms with van der Waals surface area (Å²) >= 11 is 0. The number of nitrogens with zero attached hydrogens (tertiary/aromatic N) is 2. The predicted octanol–water partition coefficient (Wildman–Crippen LogP) is 2.12. The van der Waals surface area contributed by atoms with Gasteiger partial charge in [0.1, 0.15) is 12.4 Å². The smallest absolute Gasteiger partial charge is 0.317 e. The quantitative estimate of drug-likeness (QED) is 0.734. The van der Waals surface area contributed by atoms with Gasteiger partial charge in [0.25, 0.3) is 5.91 Å². The molecule has 1 N–H and O–H groups in total. The molecule has 0 spiro atoms. The van der Waals surface area contributed by atoms with Crippen LogP contribution in [0.4, 0.5) is 0 Å². The Morgan fingerprint density at radius 3 is 2.59 bits per heavy atom. The number of likely N-dealkylation sites (N-methyl/N-ethyl adjacent to an activating group) is 1. The number of amides is 1. The van der Waals surface area contributed by atoms with Gasteiger partial charge in [-0.15, -0.1) is 0 Å². The zero-order chi connectivity index (χ0) is 20.6. The summed E-state index contributed by atoms with van der Waals surface area (Å²) < 4.78 is 11.5. The Balaban J connectivity index is 1.53. The molecule has 2 aromatic rings. The van der Waals surface area contributed by atoms with Gasteiger partial charge in [0.05, 0.1) is 19.3 Å². The van der Waals surface area contributed by atoms with Crippen molar-refractivity contribution in [2.75, 3.05) is 39.8 Å². The summed E-state index contributed by atoms with van der Waals surface area (Å²) in [6.07, 6.45) is -0.203. The van der Waals surface area contributed by atoms with Crippen LogP contribution in [0, 0.1) is 0 Å². The van der Waals surface area contributed by atoms with Crippen LogP contribution in [0.15, 0.2) is 54.6 Å². The molecule has 1 atom stereocenters. The summed E-state index contributed by atoms with van der Waals surface area (Å²) in [6.45, 7) is 2.28. The molecular formula is C22H26N2O5. The molecule has 1 fully saturated rings. The molecule has 7 heteroatoms. The lowest BCUT2D eigenvalue weighted by Crippen LogP contribution is -2.49. The average molecular weight is 398 g/mol. The van der Waals surface area contributed by atoms with Gasteiger partial charge >= 0.3 is 5.97 Å². The summed E-state index contributed by atoms with van der Waals surface area (Å²) in [5.74, 6) is -0.236. The van der Waals surface area contributed by atoms with Crippen molar-refractivity contribution in [1.82, 2.24) is 9.80 Å². The van der Waals surface area contributed by atoms with Crippen LogP contribution in [0.5, 0.6) is 5.75 Å². The molecule has 3 rings (SSSR count). The maximum absolute atomic E-state index is 12.8. The Morgan fingerprint density at radius 1 is 1.17 bits per heavy atom. The highest BCUT2D eigenvalue weighted by Gasteiger charge is 2.26. The second kappa shape index (κ2) is 10.0. The fourth-order valence-corrected chi connectivity index (χ4v) is 3.27. The Kier molecular flexibility index (Phi) is 7.21. The van der Waals surface area contributed by atoms with E-state index in [1.54, 1.807) is 41.1 Å². The predicted molar refractivity (Wildman–Crippen MR) is 108 cm³/mol. The highest BCUT2D eigenvalue weighted by atomic mass is 16.5. The normalized spacial score (nSPS) is 16.6. The molecule has 0 saturated carbocycles. The van der Waals surface area contributed by atoms with E-state index in [1.807, 2.05) is 30.3 Å². The molecule has 29 heavy (non-hydrogen) atoms. The summed E-state index contributed by atoms with van der Waals surface area (Å²) in [7, 11) is 1.73. The van der Waals surface area contributed by atoms with Gasteiger partial charge in [-0.25, -0.2) is 0 Å². The van der Waals surface area contributed by atoms with Crippen molar-refractivity contribution in [3.63, 3.8) is 0 Å². The van der Waals surface area contributed by atoms with Crippen LogP contribution < -0.4 is 4.74 Å². The largest absolute Gasteiger partial charge is 0.489 e. The van der Waals surface area contributed by atoms with Crippen LogP contribution in [0.1, 0.15) is 15.9 Å². The molecular weight excluding hydrogens is 372 g/mol. The molecule has 0 radical (unpaired) electrons. The lowest BCUT2D eigenvalue weighted by Gasteiger charge is -2.34. The van der Waals surface area contributed by atoms with Gasteiger partial charge in [-0.1, -0.05) is 30.3 Å². The number of ether oxygens (including phenoxy) is 2. The van der Waals surface area contributed by atoms with E-state index in [4.69, 9.17) is 14.6 Å². The van der Waals surface area contributed by atoms with Crippen molar-refractivity contribution in [2.24, 2.45) is 0 Å². The molecule has 1 unspecified atom stereocenters. The highest BCUT2D eigenvalue weighted by molar-refractivity contribution is 5.94. The summed E-state index contributed by atoms with van der Waals surface area (Å²) in [6, 6.07) is 17.0. The maximum Gasteiger partial charge on any atom is 0.317 e. The number of aliphatic carboxylic acids is 1. The number of carboxylic acids is 1. The van der Waals surface area contributed by atoms with Crippen LogP contribution in [0.25, 0.3) is 0 Å². The fraction of sp³-hybridized carbons (Fsp3) is 0.364. The highest BCUT2D eigenvalue weighted by Crippen LogP contribution is 2.17. The van der Waals surface area contributed by atoms with E-state index in [-0.39, 0.29) is 18.6 Å². The van der Waals surface area contributed by atoms with Gasteiger partial charge in [0, 0.05) is 25.2 Å². The third kappa shape index (κ3) is 6.30. The van der Waals surface area contributed by atoms with E-state index < -0.39 is 5.97 Å². The van der Waals surface area contributed by atoms with Crippen LogP contribution in [-0.2, 0) is 16.1 Å². The summed E-state index contributed by atoms with van der Waals surface area (Å²) in [4.78, 5) is 27.1. The molecule has 7 nitrogen and oxygen atoms in total. The number of carboxylic acid groups (broad SMARTS) is 1. The third-order valence-corrected chi connectivity index (χ3v) is 4.70. The first kappa shape index (κ1) is 20.8. The molecule has 0 aromatic heterocycles. The number of carbonyl (C=O) groups excluding carboxylic acids is 1. The molecule has 1 aliphatic rings. The van der Waals surface area contributed by atoms with Crippen molar-refractivity contribution in [3.05, 3.63) is 65.7 Å². The Bertz CT molecular complexity index is 810. The molecule has 154 valence electrons. The number of hydrogen-bond donors (Lipinski definition) is 1. The van der Waals surface area contributed by atoms with Crippen LogP contribution >= 0.6 is 0 Å². The average Bonchev–Trinajstić information content (AvgIpc) is 2.72. The lowest BCUT2D eigenvalue weighted by molar-refractivity contribution is -0.138. The van der Waals surface area contributed by atoms with Gasteiger partial charge < -0.3 is 19.5 Å². The second-order valence-electron chi connectivity index (χ2n) is 7.13. The van der Waals surface area contributed by atoms with E-state index in [9.17, 15) is 9.59 Å². The van der Waals surface area contributed by atoms with Crippen molar-refractivity contribution < 1.29 is 24.2 Å². The minimum Gasteiger partial charge on any atom is -0.489 e. The lowest BCUT2D eigenvalue weighted by atomic mass is 10.1. The molecule has 0 aliphatic carbocycles. The number of morpholine rings is 1. The van der Waals surface area contributed by atoms with E-state index in [0.29, 0.717) is 44.2 Å². The molecule has 0 bridgehead atoms. The first-order chi connectivity index (χ1) is 14.0. The zero-order valence-corrected chi connectivity index (χ0v) is 16.5. The second-order valence-corrected chi connectivity index (χ2v) is 7.13. The first-order valence-electron chi connectivity index (χ1n) is 9.59. The standard InChI is InChI=1S/C22H26N2O5/c1-23(15-21(25)26)13-20-14-24(11-12-28-20)22(27)18-7-9-19(10-8-18)29-16-17-5-3-2-4-6-17/h2-10,20H,11-16H2,1H3,(H,25,26). The van der Waals surface area contributed by atoms with Crippen molar-refractivity contribution in [3.8, 4) is 5.75 Å². The number of carbonyl (C=O) groups is 2. The molecule has 1 saturated heterocycles. The number of hydrogen-bond acceptors (Lipinski definition) is 5. The summed E-state index contributed by atoms with van der Waals surface area (Å²) in [5.41, 5.74) is 1.68. The van der Waals surface area contributed by atoms with Gasteiger partial charge in [0.2, 0.25) is 0 Å². The van der Waals surface area contributed by atoms with E-state index >= 15 is 0 Å². The third-order valence-electron chi connectivity index (χ3n) is 4.70. The van der Waals surface area contributed by atoms with Crippen LogP contribution in [0.2, 0.25) is 0 Å². The first-order valence-corrected chi connectivity index (χ1v) is 9.59. The van der Waals surface area contributed by atoms with Gasteiger partial charge in [-0.3, -0.25) is 14.5 Å². The number of rotatable bonds is 8. The molecule has 2 aromatic carbocycles. The van der Waals surface area contributed by atoms with Crippen molar-refractivity contribution in [1.29, 1.82) is 0 Å².